The number of anilines is 6. The van der Waals surface area contributed by atoms with Gasteiger partial charge in [-0.25, -0.2) is 0 Å². The van der Waals surface area contributed by atoms with Crippen LogP contribution in [0, 0.1) is 11.3 Å². The number of nitrogens with zero attached hydrogens (tertiary/aromatic N) is 2. The van der Waals surface area contributed by atoms with Crippen molar-refractivity contribution in [2.24, 2.45) is 11.3 Å². The van der Waals surface area contributed by atoms with Crippen LogP contribution in [0.1, 0.15) is 82.6 Å². The number of para-hydroxylation sites is 3. The minimum absolute atomic E-state index is 0.115. The molecule has 0 radical (unpaired) electrons. The van der Waals surface area contributed by atoms with Crippen LogP contribution >= 0.6 is 0 Å². The summed E-state index contributed by atoms with van der Waals surface area (Å²) in [7, 11) is 0. The third-order valence-corrected chi connectivity index (χ3v) is 15.7. The molecule has 9 aromatic carbocycles. The number of hydrogen-bond donors (Lipinski definition) is 0. The average Bonchev–Trinajstić information content (AvgIpc) is 3.63. The molecule has 2 aliphatic carbocycles. The molecular weight excluding hydrogens is 833 g/mol. The highest BCUT2D eigenvalue weighted by Crippen LogP contribution is 2.55. The van der Waals surface area contributed by atoms with E-state index in [9.17, 15) is 0 Å². The van der Waals surface area contributed by atoms with Gasteiger partial charge in [-0.2, -0.15) is 0 Å². The lowest BCUT2D eigenvalue weighted by Gasteiger charge is -2.45. The van der Waals surface area contributed by atoms with Crippen molar-refractivity contribution in [1.29, 1.82) is 0 Å². The number of rotatable bonds is 10. The summed E-state index contributed by atoms with van der Waals surface area (Å²) < 4.78 is 0. The van der Waals surface area contributed by atoms with E-state index in [-0.39, 0.29) is 16.2 Å². The lowest BCUT2D eigenvalue weighted by atomic mass is 9.59. The first-order chi connectivity index (χ1) is 33.6. The molecule has 0 aromatic heterocycles. The van der Waals surface area contributed by atoms with Gasteiger partial charge in [-0.1, -0.05) is 198 Å². The molecule has 2 heteroatoms. The van der Waals surface area contributed by atoms with E-state index in [0.29, 0.717) is 5.92 Å². The number of hydrogen-bond acceptors (Lipinski definition) is 2. The molecule has 0 atom stereocenters. The predicted molar refractivity (Wildman–Crippen MR) is 293 cm³/mol. The van der Waals surface area contributed by atoms with Gasteiger partial charge in [-0.05, 0) is 154 Å². The van der Waals surface area contributed by atoms with Crippen LogP contribution in [0.5, 0.6) is 0 Å². The van der Waals surface area contributed by atoms with E-state index in [1.54, 1.807) is 0 Å². The molecule has 0 heterocycles. The molecule has 69 heavy (non-hydrogen) atoms. The van der Waals surface area contributed by atoms with Crippen molar-refractivity contribution >= 4 is 34.1 Å². The van der Waals surface area contributed by atoms with E-state index < -0.39 is 0 Å². The van der Waals surface area contributed by atoms with Gasteiger partial charge >= 0.3 is 0 Å². The molecule has 1 fully saturated rings. The fraction of sp³-hybridized carbons (Fsp3) is 0.194. The van der Waals surface area contributed by atoms with Gasteiger partial charge in [0.25, 0.3) is 0 Å². The van der Waals surface area contributed by atoms with Crippen LogP contribution in [0.15, 0.2) is 231 Å². The monoisotopic (exact) mass is 894 g/mol. The summed E-state index contributed by atoms with van der Waals surface area (Å²) in [5, 5.41) is 0. The van der Waals surface area contributed by atoms with Gasteiger partial charge in [0, 0.05) is 44.8 Å². The minimum atomic E-state index is -0.158. The molecule has 0 bridgehead atoms. The molecule has 0 amide bonds. The maximum atomic E-state index is 2.46. The predicted octanol–water partition coefficient (Wildman–Crippen LogP) is 18.8. The highest BCUT2D eigenvalue weighted by atomic mass is 15.1. The van der Waals surface area contributed by atoms with Crippen molar-refractivity contribution in [1.82, 2.24) is 0 Å². The van der Waals surface area contributed by atoms with Gasteiger partial charge in [-0.3, -0.25) is 0 Å². The average molecular weight is 895 g/mol. The summed E-state index contributed by atoms with van der Waals surface area (Å²) in [4.78, 5) is 4.87. The van der Waals surface area contributed by atoms with Crippen LogP contribution in [0.25, 0.3) is 33.4 Å². The van der Waals surface area contributed by atoms with E-state index in [0.717, 1.165) is 41.3 Å². The Hall–Kier alpha value is -7.42. The van der Waals surface area contributed by atoms with Crippen LogP contribution in [0.4, 0.5) is 34.1 Å². The topological polar surface area (TPSA) is 6.48 Å². The van der Waals surface area contributed by atoms with Crippen LogP contribution in [-0.4, -0.2) is 0 Å². The summed E-state index contributed by atoms with van der Waals surface area (Å²) in [5.41, 5.74) is 20.1. The van der Waals surface area contributed by atoms with Crippen LogP contribution in [-0.2, 0) is 10.8 Å². The molecule has 2 nitrogen and oxygen atoms in total. The van der Waals surface area contributed by atoms with E-state index in [4.69, 9.17) is 0 Å². The third kappa shape index (κ3) is 8.06. The van der Waals surface area contributed by atoms with Crippen molar-refractivity contribution in [3.05, 3.63) is 253 Å². The molecule has 11 rings (SSSR count). The van der Waals surface area contributed by atoms with Gasteiger partial charge in [0.2, 0.25) is 0 Å². The Kier molecular flexibility index (Phi) is 11.4. The lowest BCUT2D eigenvalue weighted by Crippen LogP contribution is -2.36. The zero-order valence-electron chi connectivity index (χ0n) is 40.7. The molecule has 0 saturated heterocycles. The number of fused-ring (bicyclic) bond motifs is 3. The zero-order chi connectivity index (χ0) is 47.2. The molecule has 9 aromatic rings. The Bertz CT molecular complexity index is 3190. The first-order valence-electron chi connectivity index (χ1n) is 25.0. The highest BCUT2D eigenvalue weighted by molar-refractivity contribution is 5.94. The first kappa shape index (κ1) is 44.1. The SMILES string of the molecule is CC1(C)c2cc(N(c3ccccc3)c3ccc(C4(c5ccc(N(c6ccccc6)c6ccccc6-c6ccccc6)cc5)CCC(C(C)(C)C)CC4)cc3)ccc2-c2c(-c3ccccc3)cccc21. The Morgan fingerprint density at radius 3 is 1.41 bits per heavy atom. The third-order valence-electron chi connectivity index (χ3n) is 15.7. The van der Waals surface area contributed by atoms with Crippen molar-refractivity contribution < 1.29 is 0 Å². The van der Waals surface area contributed by atoms with E-state index in [2.05, 4.69) is 275 Å². The van der Waals surface area contributed by atoms with Gasteiger partial charge in [0.15, 0.2) is 0 Å². The summed E-state index contributed by atoms with van der Waals surface area (Å²) in [5.74, 6) is 0.680. The first-order valence-corrected chi connectivity index (χ1v) is 25.0. The molecule has 2 aliphatic rings. The second-order valence-electron chi connectivity index (χ2n) is 21.0. The van der Waals surface area contributed by atoms with E-state index in [1.807, 2.05) is 0 Å². The fourth-order valence-corrected chi connectivity index (χ4v) is 11.9. The van der Waals surface area contributed by atoms with Crippen LogP contribution in [0.2, 0.25) is 0 Å². The largest absolute Gasteiger partial charge is 0.310 e. The molecule has 340 valence electrons. The van der Waals surface area contributed by atoms with Crippen LogP contribution < -0.4 is 9.80 Å². The Morgan fingerprint density at radius 2 is 0.841 bits per heavy atom. The van der Waals surface area contributed by atoms with Gasteiger partial charge in [-0.15, -0.1) is 0 Å². The molecule has 0 unspecified atom stereocenters. The standard InChI is InChI=1S/C67H62N2/c1-65(2,3)50-43-45-67(46-44-50,52-35-39-56(40-36-52)69(54-27-16-9-17-28-54)63-32-19-18-29-58(63)48-21-10-6-11-22-48)51-33-37-55(38-34-51)68(53-25-14-8-15-26-53)57-41-42-60-62(47-57)66(4,5)61-31-20-30-59(64(60)61)49-23-12-7-13-24-49/h6-42,47,50H,43-46H2,1-5H3. The van der Waals surface area contributed by atoms with Gasteiger partial charge in [0.05, 0.1) is 5.69 Å². The summed E-state index contributed by atoms with van der Waals surface area (Å²) >= 11 is 0. The van der Waals surface area contributed by atoms with Crippen molar-refractivity contribution in [2.75, 3.05) is 9.80 Å². The Labute approximate surface area is 410 Å². The highest BCUT2D eigenvalue weighted by Gasteiger charge is 2.42. The van der Waals surface area contributed by atoms with Crippen molar-refractivity contribution in [3.63, 3.8) is 0 Å². The molecule has 0 spiro atoms. The van der Waals surface area contributed by atoms with Gasteiger partial charge < -0.3 is 9.80 Å². The normalized spacial score (nSPS) is 17.1. The summed E-state index contributed by atoms with van der Waals surface area (Å²) in [6.45, 7) is 12.1. The van der Waals surface area contributed by atoms with Crippen molar-refractivity contribution in [3.8, 4) is 33.4 Å². The second kappa shape index (κ2) is 17.9. The second-order valence-corrected chi connectivity index (χ2v) is 21.0. The smallest absolute Gasteiger partial charge is 0.0540 e. The van der Waals surface area contributed by atoms with E-state index >= 15 is 0 Å². The summed E-state index contributed by atoms with van der Waals surface area (Å²) in [6, 6.07) is 85.4. The van der Waals surface area contributed by atoms with E-state index in [1.165, 1.54) is 74.2 Å². The maximum absolute atomic E-state index is 2.46. The minimum Gasteiger partial charge on any atom is -0.310 e. The van der Waals surface area contributed by atoms with Crippen LogP contribution in [0.3, 0.4) is 0 Å². The quantitative estimate of drug-likeness (QED) is 0.135. The Balaban J connectivity index is 0.982. The number of benzene rings is 9. The molecular formula is C67H62N2. The lowest BCUT2D eigenvalue weighted by molar-refractivity contribution is 0.146. The summed E-state index contributed by atoms with van der Waals surface area (Å²) in [6.07, 6.45) is 4.62. The van der Waals surface area contributed by atoms with Crippen molar-refractivity contribution in [2.45, 2.75) is 71.1 Å². The zero-order valence-corrected chi connectivity index (χ0v) is 40.7. The van der Waals surface area contributed by atoms with Gasteiger partial charge in [0.1, 0.15) is 0 Å². The maximum Gasteiger partial charge on any atom is 0.0540 e. The molecule has 1 saturated carbocycles. The molecule has 0 aliphatic heterocycles. The molecule has 0 N–H and O–H groups in total. The fourth-order valence-electron chi connectivity index (χ4n) is 11.9. The Morgan fingerprint density at radius 1 is 0.391 bits per heavy atom.